The maximum absolute atomic E-state index is 13.7. The van der Waals surface area contributed by atoms with Gasteiger partial charge in [-0.2, -0.15) is 0 Å². The van der Waals surface area contributed by atoms with Gasteiger partial charge in [0.2, 0.25) is 0 Å². The second-order valence-corrected chi connectivity index (χ2v) is 7.13. The Balaban J connectivity index is 1.97. The average Bonchev–Trinajstić information content (AvgIpc) is 3.06. The van der Waals surface area contributed by atoms with Crippen LogP contribution < -0.4 is 9.64 Å². The molecule has 0 saturated carbocycles. The molecule has 6 nitrogen and oxygen atoms in total. The molecule has 1 amide bonds. The number of amides is 1. The average molecular weight is 439 g/mol. The molecule has 1 unspecified atom stereocenters. The molecule has 0 radical (unpaired) electrons. The largest absolute Gasteiger partial charge is 0.507 e. The molecule has 8 heteroatoms. The van der Waals surface area contributed by atoms with E-state index in [-0.39, 0.29) is 21.8 Å². The van der Waals surface area contributed by atoms with E-state index in [1.54, 1.807) is 42.5 Å². The Bertz CT molecular complexity index is 1210. The van der Waals surface area contributed by atoms with Crippen molar-refractivity contribution in [2.75, 3.05) is 12.0 Å². The van der Waals surface area contributed by atoms with Gasteiger partial charge in [-0.3, -0.25) is 19.5 Å². The summed E-state index contributed by atoms with van der Waals surface area (Å²) in [6.07, 6.45) is 1.51. The van der Waals surface area contributed by atoms with Gasteiger partial charge < -0.3 is 9.84 Å². The van der Waals surface area contributed by atoms with Crippen LogP contribution in [0.3, 0.4) is 0 Å². The molecule has 3 aromatic rings. The Kier molecular flexibility index (Phi) is 5.44. The maximum atomic E-state index is 13.7. The molecular formula is C23H16ClFN2O4. The van der Waals surface area contributed by atoms with Crippen molar-refractivity contribution in [2.45, 2.75) is 6.04 Å². The molecule has 1 saturated heterocycles. The van der Waals surface area contributed by atoms with Crippen LogP contribution in [0.1, 0.15) is 17.3 Å². The van der Waals surface area contributed by atoms with Gasteiger partial charge in [-0.1, -0.05) is 29.8 Å². The summed E-state index contributed by atoms with van der Waals surface area (Å²) in [7, 11) is 1.43. The number of Topliss-reactive ketones (excluding diaryl/α,β-unsaturated/α-hetero) is 1. The van der Waals surface area contributed by atoms with Crippen LogP contribution in [0.4, 0.5) is 10.1 Å². The number of aromatic nitrogens is 1. The number of ether oxygens (including phenoxy) is 1. The highest BCUT2D eigenvalue weighted by atomic mass is 35.5. The van der Waals surface area contributed by atoms with Crippen molar-refractivity contribution in [1.29, 1.82) is 0 Å². The monoisotopic (exact) mass is 438 g/mol. The summed E-state index contributed by atoms with van der Waals surface area (Å²) >= 11 is 5.91. The van der Waals surface area contributed by atoms with E-state index in [2.05, 4.69) is 4.98 Å². The van der Waals surface area contributed by atoms with Gasteiger partial charge in [0, 0.05) is 11.9 Å². The third-order valence-electron chi connectivity index (χ3n) is 4.96. The summed E-state index contributed by atoms with van der Waals surface area (Å²) in [5, 5.41) is 10.9. The lowest BCUT2D eigenvalue weighted by molar-refractivity contribution is -0.132. The lowest BCUT2D eigenvalue weighted by Crippen LogP contribution is -2.29. The van der Waals surface area contributed by atoms with E-state index in [9.17, 15) is 19.1 Å². The third-order valence-corrected chi connectivity index (χ3v) is 5.25. The topological polar surface area (TPSA) is 79.7 Å². The minimum Gasteiger partial charge on any atom is -0.507 e. The number of ketones is 1. The number of hydrogen-bond donors (Lipinski definition) is 1. The fourth-order valence-electron chi connectivity index (χ4n) is 3.54. The van der Waals surface area contributed by atoms with Crippen molar-refractivity contribution in [1.82, 2.24) is 4.98 Å². The van der Waals surface area contributed by atoms with E-state index in [1.807, 2.05) is 0 Å². The molecule has 2 heterocycles. The molecule has 1 aromatic heterocycles. The summed E-state index contributed by atoms with van der Waals surface area (Å²) < 4.78 is 19.0. The van der Waals surface area contributed by atoms with Gasteiger partial charge in [0.1, 0.15) is 23.4 Å². The zero-order chi connectivity index (χ0) is 22.1. The molecule has 1 aliphatic rings. The zero-order valence-corrected chi connectivity index (χ0v) is 17.0. The molecule has 1 atom stereocenters. The molecule has 1 N–H and O–H groups in total. The molecule has 156 valence electrons. The van der Waals surface area contributed by atoms with Crippen molar-refractivity contribution in [3.63, 3.8) is 0 Å². The predicted molar refractivity (Wildman–Crippen MR) is 113 cm³/mol. The van der Waals surface area contributed by atoms with Gasteiger partial charge in [-0.25, -0.2) is 4.39 Å². The first kappa shape index (κ1) is 20.6. The number of methoxy groups -OCH3 is 1. The Morgan fingerprint density at radius 1 is 1.13 bits per heavy atom. The highest BCUT2D eigenvalue weighted by molar-refractivity contribution is 6.51. The summed E-state index contributed by atoms with van der Waals surface area (Å²) in [6.45, 7) is 0. The summed E-state index contributed by atoms with van der Waals surface area (Å²) in [4.78, 5) is 31.5. The number of carbonyl (C=O) groups is 2. The molecule has 4 rings (SSSR count). The molecule has 0 aliphatic carbocycles. The standard InChI is InChI=1S/C23H16ClFN2O4/c1-31-18-8-3-2-6-14(18)21(28)19-20(17-7-4-5-11-26-17)27(23(30)22(19)29)13-9-10-16(25)15(24)12-13/h2-12,20,28H,1H3/b21-19+. The number of pyridine rings is 1. The number of aliphatic hydroxyl groups excluding tert-OH is 1. The third kappa shape index (κ3) is 3.53. The quantitative estimate of drug-likeness (QED) is 0.368. The molecular weight excluding hydrogens is 423 g/mol. The van der Waals surface area contributed by atoms with Crippen LogP contribution in [0.25, 0.3) is 5.76 Å². The van der Waals surface area contributed by atoms with Crippen LogP contribution >= 0.6 is 11.6 Å². The van der Waals surface area contributed by atoms with E-state index in [0.29, 0.717) is 11.4 Å². The number of nitrogens with zero attached hydrogens (tertiary/aromatic N) is 2. The van der Waals surface area contributed by atoms with Crippen LogP contribution in [-0.2, 0) is 9.59 Å². The Morgan fingerprint density at radius 3 is 2.55 bits per heavy atom. The summed E-state index contributed by atoms with van der Waals surface area (Å²) in [6, 6.07) is 14.2. The maximum Gasteiger partial charge on any atom is 0.300 e. The molecule has 31 heavy (non-hydrogen) atoms. The fraction of sp³-hybridized carbons (Fsp3) is 0.0870. The first-order chi connectivity index (χ1) is 14.9. The van der Waals surface area contributed by atoms with Crippen LogP contribution in [-0.4, -0.2) is 28.9 Å². The second-order valence-electron chi connectivity index (χ2n) is 6.72. The number of aliphatic hydroxyl groups is 1. The fourth-order valence-corrected chi connectivity index (χ4v) is 3.71. The van der Waals surface area contributed by atoms with Crippen LogP contribution in [0.2, 0.25) is 5.02 Å². The Labute approximate surface area is 182 Å². The number of halogens is 2. The smallest absolute Gasteiger partial charge is 0.300 e. The summed E-state index contributed by atoms with van der Waals surface area (Å²) in [5.41, 5.74) is 0.636. The predicted octanol–water partition coefficient (Wildman–Crippen LogP) is 4.51. The molecule has 2 aromatic carbocycles. The highest BCUT2D eigenvalue weighted by Crippen LogP contribution is 2.43. The lowest BCUT2D eigenvalue weighted by Gasteiger charge is -2.25. The second kappa shape index (κ2) is 8.20. The van der Waals surface area contributed by atoms with Crippen molar-refractivity contribution < 1.29 is 23.8 Å². The van der Waals surface area contributed by atoms with E-state index < -0.39 is 29.3 Å². The Morgan fingerprint density at radius 2 is 1.87 bits per heavy atom. The highest BCUT2D eigenvalue weighted by Gasteiger charge is 2.48. The van der Waals surface area contributed by atoms with E-state index in [4.69, 9.17) is 16.3 Å². The van der Waals surface area contributed by atoms with Gasteiger partial charge in [0.05, 0.1) is 29.0 Å². The van der Waals surface area contributed by atoms with Gasteiger partial charge in [0.25, 0.3) is 11.7 Å². The molecule has 1 aliphatic heterocycles. The van der Waals surface area contributed by atoms with Gasteiger partial charge in [0.15, 0.2) is 0 Å². The number of rotatable bonds is 4. The molecule has 0 bridgehead atoms. The Hall–Kier alpha value is -3.71. The molecule has 0 spiro atoms. The first-order valence-corrected chi connectivity index (χ1v) is 9.62. The molecule has 1 fully saturated rings. The van der Waals surface area contributed by atoms with Gasteiger partial charge in [-0.15, -0.1) is 0 Å². The number of anilines is 1. The van der Waals surface area contributed by atoms with Gasteiger partial charge in [-0.05, 0) is 42.5 Å². The van der Waals surface area contributed by atoms with Crippen molar-refractivity contribution in [3.8, 4) is 5.75 Å². The number of carbonyl (C=O) groups excluding carboxylic acids is 2. The van der Waals surface area contributed by atoms with Crippen LogP contribution in [0, 0.1) is 5.82 Å². The number of hydrogen-bond acceptors (Lipinski definition) is 5. The normalized spacial score (nSPS) is 17.8. The first-order valence-electron chi connectivity index (χ1n) is 9.24. The van der Waals surface area contributed by atoms with Crippen molar-refractivity contribution in [3.05, 3.63) is 94.5 Å². The number of benzene rings is 2. The van der Waals surface area contributed by atoms with Crippen LogP contribution in [0.15, 0.2) is 72.4 Å². The minimum absolute atomic E-state index is 0.159. The van der Waals surface area contributed by atoms with E-state index in [0.717, 1.165) is 11.0 Å². The van der Waals surface area contributed by atoms with Gasteiger partial charge >= 0.3 is 0 Å². The number of para-hydroxylation sites is 1. The SMILES string of the molecule is COc1ccccc1/C(O)=C1\C(=O)C(=O)N(c2ccc(F)c(Cl)c2)C1c1ccccn1. The summed E-state index contributed by atoms with van der Waals surface area (Å²) in [5.74, 6) is -2.53. The van der Waals surface area contributed by atoms with E-state index >= 15 is 0 Å². The van der Waals surface area contributed by atoms with Crippen LogP contribution in [0.5, 0.6) is 5.75 Å². The van der Waals surface area contributed by atoms with Crippen molar-refractivity contribution in [2.24, 2.45) is 0 Å². The van der Waals surface area contributed by atoms with Crippen molar-refractivity contribution >= 4 is 34.7 Å². The minimum atomic E-state index is -1.05. The zero-order valence-electron chi connectivity index (χ0n) is 16.3. The lowest BCUT2D eigenvalue weighted by atomic mass is 9.97. The van der Waals surface area contributed by atoms with E-state index in [1.165, 1.54) is 25.4 Å².